The maximum absolute atomic E-state index is 13.1. The van der Waals surface area contributed by atoms with Gasteiger partial charge in [-0.3, -0.25) is 9.59 Å². The number of carbonyl (C=O) groups is 3. The van der Waals surface area contributed by atoms with Crippen molar-refractivity contribution < 1.29 is 37.0 Å². The summed E-state index contributed by atoms with van der Waals surface area (Å²) in [6.45, 7) is 1.97. The number of amides is 2. The first kappa shape index (κ1) is 28.4. The first-order valence-electron chi connectivity index (χ1n) is 13.2. The number of halogens is 3. The molecule has 0 aromatic heterocycles. The molecule has 1 aliphatic heterocycles. The molecule has 39 heavy (non-hydrogen) atoms. The number of ether oxygens (including phenoxy) is 2. The fraction of sp³-hybridized carbons (Fsp3) is 0.483. The summed E-state index contributed by atoms with van der Waals surface area (Å²) in [6, 6.07) is 9.40. The Hall–Kier alpha value is -3.56. The maximum atomic E-state index is 13.1. The average Bonchev–Trinajstić information content (AvgIpc) is 3.42. The van der Waals surface area contributed by atoms with E-state index in [1.54, 1.807) is 6.07 Å². The monoisotopic (exact) mass is 546 g/mol. The minimum Gasteiger partial charge on any atom is -0.484 e. The Bertz CT molecular complexity index is 1190. The van der Waals surface area contributed by atoms with Crippen LogP contribution in [0.15, 0.2) is 42.5 Å². The van der Waals surface area contributed by atoms with Gasteiger partial charge in [-0.1, -0.05) is 12.1 Å². The van der Waals surface area contributed by atoms with Gasteiger partial charge in [-0.05, 0) is 92.8 Å². The van der Waals surface area contributed by atoms with Crippen LogP contribution in [0, 0.1) is 6.92 Å². The lowest BCUT2D eigenvalue weighted by molar-refractivity contribution is -0.140. The summed E-state index contributed by atoms with van der Waals surface area (Å²) in [5, 5.41) is 3.11. The zero-order valence-electron chi connectivity index (χ0n) is 22.1. The van der Waals surface area contributed by atoms with Crippen molar-refractivity contribution in [3.05, 3.63) is 64.7 Å². The van der Waals surface area contributed by atoms with E-state index in [2.05, 4.69) is 5.32 Å². The molecule has 1 saturated carbocycles. The van der Waals surface area contributed by atoms with Gasteiger partial charge in [0, 0.05) is 12.6 Å². The topological polar surface area (TPSA) is 84.9 Å². The van der Waals surface area contributed by atoms with E-state index < -0.39 is 17.8 Å². The highest BCUT2D eigenvalue weighted by Gasteiger charge is 2.36. The third-order valence-electron chi connectivity index (χ3n) is 7.62. The summed E-state index contributed by atoms with van der Waals surface area (Å²) in [5.74, 6) is -0.408. The molecule has 2 aromatic rings. The molecule has 0 unspecified atom stereocenters. The Morgan fingerprint density at radius 3 is 2.31 bits per heavy atom. The van der Waals surface area contributed by atoms with E-state index in [1.165, 1.54) is 29.7 Å². The molecular weight excluding hydrogens is 513 g/mol. The maximum Gasteiger partial charge on any atom is 0.416 e. The van der Waals surface area contributed by atoms with E-state index >= 15 is 0 Å². The molecule has 210 valence electrons. The van der Waals surface area contributed by atoms with Crippen LogP contribution in [0.1, 0.15) is 71.5 Å². The molecule has 1 saturated heterocycles. The Labute approximate surface area is 225 Å². The molecule has 2 aromatic carbocycles. The predicted octanol–water partition coefficient (Wildman–Crippen LogP) is 5.01. The van der Waals surface area contributed by atoms with E-state index in [9.17, 15) is 27.6 Å². The van der Waals surface area contributed by atoms with Gasteiger partial charge in [-0.2, -0.15) is 13.2 Å². The van der Waals surface area contributed by atoms with Crippen LogP contribution in [0.25, 0.3) is 0 Å². The molecule has 2 fully saturated rings. The predicted molar refractivity (Wildman–Crippen MR) is 137 cm³/mol. The van der Waals surface area contributed by atoms with Gasteiger partial charge in [-0.15, -0.1) is 0 Å². The zero-order chi connectivity index (χ0) is 28.2. The molecule has 4 rings (SSSR count). The van der Waals surface area contributed by atoms with Crippen LogP contribution >= 0.6 is 0 Å². The molecule has 1 N–H and O–H groups in total. The normalized spacial score (nSPS) is 21.4. The molecule has 1 atom stereocenters. The van der Waals surface area contributed by atoms with Crippen LogP contribution in [-0.2, 0) is 20.5 Å². The van der Waals surface area contributed by atoms with Crippen molar-refractivity contribution >= 4 is 17.8 Å². The SMILES string of the molecule is COC(=O)c1ccc(C2CCC(NC(=O)[C@H]3CCCN3C(=O)COc3ccc(C(F)(F)F)cc3)CC2)cc1C. The average molecular weight is 547 g/mol. The number of hydrogen-bond donors (Lipinski definition) is 1. The van der Waals surface area contributed by atoms with Gasteiger partial charge in [-0.25, -0.2) is 4.79 Å². The molecule has 2 aliphatic rings. The number of esters is 1. The van der Waals surface area contributed by atoms with Gasteiger partial charge in [0.15, 0.2) is 6.61 Å². The lowest BCUT2D eigenvalue weighted by Gasteiger charge is -2.31. The highest BCUT2D eigenvalue weighted by Crippen LogP contribution is 2.34. The van der Waals surface area contributed by atoms with Crippen LogP contribution in [0.3, 0.4) is 0 Å². The fourth-order valence-electron chi connectivity index (χ4n) is 5.45. The summed E-state index contributed by atoms with van der Waals surface area (Å²) in [5.41, 5.74) is 1.81. The molecule has 2 amide bonds. The third-order valence-corrected chi connectivity index (χ3v) is 7.62. The Balaban J connectivity index is 1.26. The number of rotatable bonds is 7. The molecule has 0 radical (unpaired) electrons. The van der Waals surface area contributed by atoms with Crippen LogP contribution in [0.5, 0.6) is 5.75 Å². The van der Waals surface area contributed by atoms with Crippen molar-refractivity contribution in [2.75, 3.05) is 20.3 Å². The number of nitrogens with zero attached hydrogens (tertiary/aromatic N) is 1. The smallest absolute Gasteiger partial charge is 0.416 e. The lowest BCUT2D eigenvalue weighted by Crippen LogP contribution is -2.50. The van der Waals surface area contributed by atoms with Gasteiger partial charge in [0.2, 0.25) is 5.91 Å². The zero-order valence-corrected chi connectivity index (χ0v) is 22.1. The van der Waals surface area contributed by atoms with Crippen molar-refractivity contribution in [3.63, 3.8) is 0 Å². The van der Waals surface area contributed by atoms with Crippen molar-refractivity contribution in [2.45, 2.75) is 69.6 Å². The second-order valence-electron chi connectivity index (χ2n) is 10.2. The minimum atomic E-state index is -4.44. The highest BCUT2D eigenvalue weighted by molar-refractivity contribution is 5.91. The number of methoxy groups -OCH3 is 1. The van der Waals surface area contributed by atoms with Crippen molar-refractivity contribution in [1.29, 1.82) is 0 Å². The number of nitrogens with one attached hydrogen (secondary N) is 1. The van der Waals surface area contributed by atoms with E-state index in [-0.39, 0.29) is 36.2 Å². The van der Waals surface area contributed by atoms with Crippen LogP contribution in [-0.4, -0.2) is 55.0 Å². The number of carbonyl (C=O) groups excluding carboxylic acids is 3. The number of hydrogen-bond acceptors (Lipinski definition) is 5. The summed E-state index contributed by atoms with van der Waals surface area (Å²) in [6.07, 6.45) is 0.223. The van der Waals surface area contributed by atoms with Gasteiger partial charge >= 0.3 is 12.1 Å². The lowest BCUT2D eigenvalue weighted by atomic mass is 9.81. The Morgan fingerprint density at radius 2 is 1.69 bits per heavy atom. The summed E-state index contributed by atoms with van der Waals surface area (Å²) in [7, 11) is 1.36. The Kier molecular flexibility index (Phi) is 8.82. The second-order valence-corrected chi connectivity index (χ2v) is 10.2. The van der Waals surface area contributed by atoms with Crippen LogP contribution in [0.4, 0.5) is 13.2 Å². The summed E-state index contributed by atoms with van der Waals surface area (Å²) >= 11 is 0. The highest BCUT2D eigenvalue weighted by atomic mass is 19.4. The molecule has 1 aliphatic carbocycles. The molecule has 0 bridgehead atoms. The van der Waals surface area contributed by atoms with E-state index in [0.29, 0.717) is 30.9 Å². The van der Waals surface area contributed by atoms with E-state index in [1.807, 2.05) is 19.1 Å². The van der Waals surface area contributed by atoms with Gasteiger partial charge in [0.05, 0.1) is 18.2 Å². The van der Waals surface area contributed by atoms with Crippen LogP contribution in [0.2, 0.25) is 0 Å². The van der Waals surface area contributed by atoms with Crippen LogP contribution < -0.4 is 10.1 Å². The first-order chi connectivity index (χ1) is 18.6. The largest absolute Gasteiger partial charge is 0.484 e. The molecule has 7 nitrogen and oxygen atoms in total. The van der Waals surface area contributed by atoms with Gasteiger partial charge in [0.25, 0.3) is 5.91 Å². The summed E-state index contributed by atoms with van der Waals surface area (Å²) in [4.78, 5) is 39.2. The molecule has 1 heterocycles. The fourth-order valence-corrected chi connectivity index (χ4v) is 5.45. The molecule has 0 spiro atoms. The van der Waals surface area contributed by atoms with Gasteiger partial charge in [0.1, 0.15) is 11.8 Å². The van der Waals surface area contributed by atoms with Gasteiger partial charge < -0.3 is 19.7 Å². The number of likely N-dealkylation sites (tertiary alicyclic amines) is 1. The Morgan fingerprint density at radius 1 is 1.00 bits per heavy atom. The number of alkyl halides is 3. The second kappa shape index (κ2) is 12.1. The quantitative estimate of drug-likeness (QED) is 0.494. The van der Waals surface area contributed by atoms with Crippen molar-refractivity contribution in [1.82, 2.24) is 10.2 Å². The van der Waals surface area contributed by atoms with E-state index in [0.717, 1.165) is 43.4 Å². The third kappa shape index (κ3) is 6.91. The summed E-state index contributed by atoms with van der Waals surface area (Å²) < 4.78 is 48.4. The molecular formula is C29H33F3N2O5. The molecule has 10 heteroatoms. The number of benzene rings is 2. The number of aryl methyl sites for hydroxylation is 1. The first-order valence-corrected chi connectivity index (χ1v) is 13.2. The van der Waals surface area contributed by atoms with Crippen molar-refractivity contribution in [2.24, 2.45) is 0 Å². The van der Waals surface area contributed by atoms with E-state index in [4.69, 9.17) is 9.47 Å². The standard InChI is InChI=1S/C29H33F3N2O5/c1-18-16-20(7-14-24(18)28(37)38-2)19-5-10-22(11-6-19)33-27(36)25-4-3-15-34(25)26(35)17-39-23-12-8-21(9-13-23)29(30,31)32/h7-9,12-14,16,19,22,25H,3-6,10-11,15,17H2,1-2H3,(H,33,36)/t19?,22?,25-/m1/s1. The minimum absolute atomic E-state index is 0.0186. The van der Waals surface area contributed by atoms with Crippen molar-refractivity contribution in [3.8, 4) is 5.75 Å².